The van der Waals surface area contributed by atoms with Crippen molar-refractivity contribution in [1.82, 2.24) is 4.98 Å². The van der Waals surface area contributed by atoms with Crippen molar-refractivity contribution < 1.29 is 14.3 Å². The van der Waals surface area contributed by atoms with Gasteiger partial charge in [0, 0.05) is 40.8 Å². The van der Waals surface area contributed by atoms with Crippen LogP contribution in [0.5, 0.6) is 5.75 Å². The fraction of sp³-hybridized carbons (Fsp3) is 0.148. The van der Waals surface area contributed by atoms with Gasteiger partial charge in [-0.1, -0.05) is 42.5 Å². The number of hydrogen-bond acceptors (Lipinski definition) is 5. The van der Waals surface area contributed by atoms with Gasteiger partial charge in [0.25, 0.3) is 0 Å². The maximum atomic E-state index is 13.0. The zero-order valence-corrected chi connectivity index (χ0v) is 19.4. The zero-order chi connectivity index (χ0) is 23.5. The van der Waals surface area contributed by atoms with Crippen molar-refractivity contribution in [3.05, 3.63) is 84.2 Å². The Morgan fingerprint density at radius 3 is 2.56 bits per heavy atom. The zero-order valence-electron chi connectivity index (χ0n) is 18.6. The summed E-state index contributed by atoms with van der Waals surface area (Å²) in [5.74, 6) is 0.0857. The predicted molar refractivity (Wildman–Crippen MR) is 135 cm³/mol. The molecule has 170 valence electrons. The Morgan fingerprint density at radius 2 is 1.79 bits per heavy atom. The predicted octanol–water partition coefficient (Wildman–Crippen LogP) is 5.48. The average molecular weight is 470 g/mol. The van der Waals surface area contributed by atoms with Gasteiger partial charge in [0.2, 0.25) is 11.8 Å². The van der Waals surface area contributed by atoms with Crippen molar-refractivity contribution in [2.24, 2.45) is 5.92 Å². The summed E-state index contributed by atoms with van der Waals surface area (Å²) >= 11 is 1.59. The highest BCUT2D eigenvalue weighted by molar-refractivity contribution is 7.13. The van der Waals surface area contributed by atoms with Crippen LogP contribution in [0.1, 0.15) is 6.42 Å². The molecule has 1 saturated heterocycles. The summed E-state index contributed by atoms with van der Waals surface area (Å²) in [6.07, 6.45) is 0.185. The van der Waals surface area contributed by atoms with Gasteiger partial charge in [-0.3, -0.25) is 9.59 Å². The van der Waals surface area contributed by atoms with E-state index >= 15 is 0 Å². The molecule has 1 N–H and O–H groups in total. The van der Waals surface area contributed by atoms with Crippen LogP contribution >= 0.6 is 11.3 Å². The van der Waals surface area contributed by atoms with E-state index in [1.54, 1.807) is 23.3 Å². The van der Waals surface area contributed by atoms with Crippen LogP contribution in [0.15, 0.2) is 84.2 Å². The highest BCUT2D eigenvalue weighted by Crippen LogP contribution is 2.31. The Kier molecular flexibility index (Phi) is 6.10. The SMILES string of the molecule is COc1ccc(N2CC(C(=O)Nc3cccc(-c4csc(-c5ccccc5)n4)c3)CC2=O)cc1. The van der Waals surface area contributed by atoms with Crippen molar-refractivity contribution in [2.45, 2.75) is 6.42 Å². The number of thiazole rings is 1. The number of aromatic nitrogens is 1. The number of methoxy groups -OCH3 is 1. The molecule has 1 unspecified atom stereocenters. The van der Waals surface area contributed by atoms with E-state index in [1.165, 1.54) is 0 Å². The Labute approximate surface area is 201 Å². The van der Waals surface area contributed by atoms with Crippen molar-refractivity contribution >= 4 is 34.5 Å². The minimum absolute atomic E-state index is 0.0602. The molecule has 0 saturated carbocycles. The van der Waals surface area contributed by atoms with E-state index in [0.29, 0.717) is 12.2 Å². The van der Waals surface area contributed by atoms with Crippen LogP contribution < -0.4 is 15.0 Å². The van der Waals surface area contributed by atoms with Gasteiger partial charge in [-0.25, -0.2) is 4.98 Å². The number of amides is 2. The first kappa shape index (κ1) is 21.9. The lowest BCUT2D eigenvalue weighted by molar-refractivity contribution is -0.122. The highest BCUT2D eigenvalue weighted by atomic mass is 32.1. The number of anilines is 2. The molecule has 1 aliphatic rings. The van der Waals surface area contributed by atoms with Crippen LogP contribution in [-0.2, 0) is 9.59 Å². The van der Waals surface area contributed by atoms with Gasteiger partial charge in [-0.05, 0) is 36.4 Å². The van der Waals surface area contributed by atoms with Crippen LogP contribution in [0.25, 0.3) is 21.8 Å². The molecule has 5 rings (SSSR count). The lowest BCUT2D eigenvalue weighted by Gasteiger charge is -2.17. The number of carbonyl (C=O) groups is 2. The molecule has 1 aromatic heterocycles. The second-order valence-corrected chi connectivity index (χ2v) is 8.94. The van der Waals surface area contributed by atoms with Crippen LogP contribution in [0.4, 0.5) is 11.4 Å². The first-order valence-corrected chi connectivity index (χ1v) is 11.9. The van der Waals surface area contributed by atoms with Crippen molar-refractivity contribution in [2.75, 3.05) is 23.9 Å². The molecular weight excluding hydrogens is 446 g/mol. The largest absolute Gasteiger partial charge is 0.497 e. The number of nitrogens with one attached hydrogen (secondary N) is 1. The summed E-state index contributed by atoms with van der Waals surface area (Å²) < 4.78 is 5.18. The fourth-order valence-electron chi connectivity index (χ4n) is 4.02. The molecule has 34 heavy (non-hydrogen) atoms. The van der Waals surface area contributed by atoms with Crippen LogP contribution in [0.2, 0.25) is 0 Å². The van der Waals surface area contributed by atoms with Crippen LogP contribution in [0.3, 0.4) is 0 Å². The van der Waals surface area contributed by atoms with Crippen molar-refractivity contribution in [1.29, 1.82) is 0 Å². The quantitative estimate of drug-likeness (QED) is 0.406. The first-order valence-electron chi connectivity index (χ1n) is 11.0. The molecule has 6 nitrogen and oxygen atoms in total. The molecule has 0 aliphatic carbocycles. The van der Waals surface area contributed by atoms with Gasteiger partial charge >= 0.3 is 0 Å². The summed E-state index contributed by atoms with van der Waals surface area (Å²) in [5.41, 5.74) is 4.32. The average Bonchev–Trinajstić information content (AvgIpc) is 3.52. The number of carbonyl (C=O) groups excluding carboxylic acids is 2. The molecule has 2 amide bonds. The van der Waals surface area contributed by atoms with Gasteiger partial charge in [0.15, 0.2) is 0 Å². The van der Waals surface area contributed by atoms with Crippen molar-refractivity contribution in [3.63, 3.8) is 0 Å². The summed E-state index contributed by atoms with van der Waals surface area (Å²) in [6, 6.07) is 25.0. The van der Waals surface area contributed by atoms with Gasteiger partial charge in [-0.2, -0.15) is 0 Å². The molecule has 4 aromatic rings. The summed E-state index contributed by atoms with van der Waals surface area (Å²) in [4.78, 5) is 31.9. The molecule has 0 spiro atoms. The minimum atomic E-state index is -0.415. The molecular formula is C27H23N3O3S. The molecule has 7 heteroatoms. The lowest BCUT2D eigenvalue weighted by atomic mass is 10.1. The van der Waals surface area contributed by atoms with Gasteiger partial charge < -0.3 is 15.0 Å². The van der Waals surface area contributed by atoms with E-state index in [2.05, 4.69) is 5.32 Å². The Hall–Kier alpha value is -3.97. The maximum absolute atomic E-state index is 13.0. The summed E-state index contributed by atoms with van der Waals surface area (Å²) in [6.45, 7) is 0.350. The van der Waals surface area contributed by atoms with Gasteiger partial charge in [0.1, 0.15) is 10.8 Å². The van der Waals surface area contributed by atoms with E-state index in [-0.39, 0.29) is 18.2 Å². The number of hydrogen-bond donors (Lipinski definition) is 1. The smallest absolute Gasteiger partial charge is 0.229 e. The Balaban J connectivity index is 1.27. The lowest BCUT2D eigenvalue weighted by Crippen LogP contribution is -2.28. The number of ether oxygens (including phenoxy) is 1. The molecule has 3 aromatic carbocycles. The third-order valence-corrected chi connectivity index (χ3v) is 6.72. The number of nitrogens with zero attached hydrogens (tertiary/aromatic N) is 2. The third-order valence-electron chi connectivity index (χ3n) is 5.83. The first-order chi connectivity index (χ1) is 16.6. The summed E-state index contributed by atoms with van der Waals surface area (Å²) in [7, 11) is 1.60. The fourth-order valence-corrected chi connectivity index (χ4v) is 4.85. The van der Waals surface area contributed by atoms with E-state index in [1.807, 2.05) is 84.2 Å². The second-order valence-electron chi connectivity index (χ2n) is 8.08. The van der Waals surface area contributed by atoms with E-state index in [4.69, 9.17) is 9.72 Å². The topological polar surface area (TPSA) is 71.5 Å². The Bertz CT molecular complexity index is 1320. The van der Waals surface area contributed by atoms with Crippen LogP contribution in [0, 0.1) is 5.92 Å². The molecule has 1 fully saturated rings. The van der Waals surface area contributed by atoms with E-state index in [9.17, 15) is 9.59 Å². The van der Waals surface area contributed by atoms with E-state index in [0.717, 1.165) is 33.3 Å². The van der Waals surface area contributed by atoms with E-state index < -0.39 is 5.92 Å². The van der Waals surface area contributed by atoms with Gasteiger partial charge in [0.05, 0.1) is 18.7 Å². The molecule has 0 bridgehead atoms. The second kappa shape index (κ2) is 9.49. The van der Waals surface area contributed by atoms with Crippen molar-refractivity contribution in [3.8, 4) is 27.6 Å². The summed E-state index contributed by atoms with van der Waals surface area (Å²) in [5, 5.41) is 5.95. The monoisotopic (exact) mass is 469 g/mol. The molecule has 1 atom stereocenters. The van der Waals surface area contributed by atoms with Gasteiger partial charge in [-0.15, -0.1) is 11.3 Å². The van der Waals surface area contributed by atoms with Crippen LogP contribution in [-0.4, -0.2) is 30.5 Å². The molecule has 1 aliphatic heterocycles. The molecule has 0 radical (unpaired) electrons. The third kappa shape index (κ3) is 4.56. The Morgan fingerprint density at radius 1 is 1.03 bits per heavy atom. The maximum Gasteiger partial charge on any atom is 0.229 e. The normalized spacial score (nSPS) is 15.4. The standard InChI is InChI=1S/C27H23N3O3S/c1-33-23-12-10-22(11-13-23)30-16-20(15-25(30)31)26(32)28-21-9-5-8-19(14-21)24-17-34-27(29-24)18-6-3-2-4-7-18/h2-14,17,20H,15-16H2,1H3,(H,28,32). The number of rotatable bonds is 6. The minimum Gasteiger partial charge on any atom is -0.497 e. The number of benzene rings is 3. The highest BCUT2D eigenvalue weighted by Gasteiger charge is 2.35. The molecule has 2 heterocycles.